The lowest BCUT2D eigenvalue weighted by Crippen LogP contribution is -2.22. The van der Waals surface area contributed by atoms with Crippen LogP contribution >= 0.6 is 22.6 Å². The molecule has 1 N–H and O–H groups in total. The molecule has 0 aliphatic carbocycles. The predicted octanol–water partition coefficient (Wildman–Crippen LogP) is 4.49. The van der Waals surface area contributed by atoms with Gasteiger partial charge in [-0.3, -0.25) is 0 Å². The number of nitrogens with one attached hydrogen (secondary N) is 1. The Bertz CT molecular complexity index is 502. The van der Waals surface area contributed by atoms with Crippen LogP contribution in [0, 0.1) is 10.5 Å². The van der Waals surface area contributed by atoms with E-state index in [-0.39, 0.29) is 0 Å². The molecule has 0 amide bonds. The SMILES string of the molecule is CCNC(Cc1ccc(I)cc1)c1ccc(C)cc1. The van der Waals surface area contributed by atoms with Gasteiger partial charge < -0.3 is 5.32 Å². The molecule has 0 spiro atoms. The maximum absolute atomic E-state index is 3.58. The first-order valence-electron chi connectivity index (χ1n) is 6.73. The van der Waals surface area contributed by atoms with Crippen molar-refractivity contribution in [1.82, 2.24) is 5.32 Å². The molecule has 19 heavy (non-hydrogen) atoms. The van der Waals surface area contributed by atoms with E-state index in [9.17, 15) is 0 Å². The van der Waals surface area contributed by atoms with Crippen LogP contribution in [0.1, 0.15) is 29.7 Å². The summed E-state index contributed by atoms with van der Waals surface area (Å²) in [6.07, 6.45) is 1.04. The second-order valence-corrected chi connectivity index (χ2v) is 6.10. The summed E-state index contributed by atoms with van der Waals surface area (Å²) in [6, 6.07) is 18.0. The largest absolute Gasteiger partial charge is 0.310 e. The van der Waals surface area contributed by atoms with Crippen molar-refractivity contribution in [3.63, 3.8) is 0 Å². The van der Waals surface area contributed by atoms with Crippen molar-refractivity contribution in [3.05, 3.63) is 68.8 Å². The molecule has 2 rings (SSSR count). The maximum Gasteiger partial charge on any atom is 0.0360 e. The fourth-order valence-electron chi connectivity index (χ4n) is 2.21. The van der Waals surface area contributed by atoms with Gasteiger partial charge in [0, 0.05) is 9.61 Å². The van der Waals surface area contributed by atoms with Gasteiger partial charge in [-0.05, 0) is 65.7 Å². The monoisotopic (exact) mass is 365 g/mol. The average molecular weight is 365 g/mol. The Balaban J connectivity index is 2.15. The molecule has 0 fully saturated rings. The Morgan fingerprint density at radius 1 is 1.00 bits per heavy atom. The lowest BCUT2D eigenvalue weighted by atomic mass is 9.98. The molecule has 0 aromatic heterocycles. The van der Waals surface area contributed by atoms with Gasteiger partial charge in [-0.25, -0.2) is 0 Å². The maximum atomic E-state index is 3.58. The van der Waals surface area contributed by atoms with Crippen LogP contribution in [0.4, 0.5) is 0 Å². The molecule has 1 atom stereocenters. The predicted molar refractivity (Wildman–Crippen MR) is 90.5 cm³/mol. The molecule has 0 aliphatic rings. The van der Waals surface area contributed by atoms with Gasteiger partial charge in [0.2, 0.25) is 0 Å². The first-order chi connectivity index (χ1) is 9.19. The fraction of sp³-hybridized carbons (Fsp3) is 0.294. The Morgan fingerprint density at radius 3 is 2.21 bits per heavy atom. The van der Waals surface area contributed by atoms with E-state index in [1.165, 1.54) is 20.3 Å². The zero-order chi connectivity index (χ0) is 13.7. The van der Waals surface area contributed by atoms with Gasteiger partial charge in [-0.15, -0.1) is 0 Å². The van der Waals surface area contributed by atoms with Gasteiger partial charge >= 0.3 is 0 Å². The number of hydrogen-bond donors (Lipinski definition) is 1. The number of halogens is 1. The zero-order valence-corrected chi connectivity index (χ0v) is 13.6. The number of aryl methyl sites for hydroxylation is 1. The summed E-state index contributed by atoms with van der Waals surface area (Å²) in [5.41, 5.74) is 4.06. The minimum Gasteiger partial charge on any atom is -0.310 e. The van der Waals surface area contributed by atoms with Crippen molar-refractivity contribution in [3.8, 4) is 0 Å². The molecule has 2 aromatic rings. The smallest absolute Gasteiger partial charge is 0.0360 e. The first-order valence-corrected chi connectivity index (χ1v) is 7.81. The summed E-state index contributed by atoms with van der Waals surface area (Å²) >= 11 is 2.35. The fourth-order valence-corrected chi connectivity index (χ4v) is 2.57. The Kier molecular flexibility index (Phi) is 5.40. The van der Waals surface area contributed by atoms with Crippen LogP contribution in [0.3, 0.4) is 0 Å². The van der Waals surface area contributed by atoms with Gasteiger partial charge in [0.25, 0.3) is 0 Å². The van der Waals surface area contributed by atoms with Crippen molar-refractivity contribution in [1.29, 1.82) is 0 Å². The number of hydrogen-bond acceptors (Lipinski definition) is 1. The van der Waals surface area contributed by atoms with Crippen LogP contribution in [-0.2, 0) is 6.42 Å². The third-order valence-corrected chi connectivity index (χ3v) is 4.00. The van der Waals surface area contributed by atoms with Crippen LogP contribution in [0.5, 0.6) is 0 Å². The highest BCUT2D eigenvalue weighted by Gasteiger charge is 2.10. The lowest BCUT2D eigenvalue weighted by Gasteiger charge is -2.19. The summed E-state index contributed by atoms with van der Waals surface area (Å²) in [5.74, 6) is 0. The van der Waals surface area contributed by atoms with Crippen molar-refractivity contribution in [2.75, 3.05) is 6.54 Å². The zero-order valence-electron chi connectivity index (χ0n) is 11.5. The van der Waals surface area contributed by atoms with E-state index in [0.29, 0.717) is 6.04 Å². The minimum atomic E-state index is 0.394. The van der Waals surface area contributed by atoms with Gasteiger partial charge in [0.1, 0.15) is 0 Å². The van der Waals surface area contributed by atoms with Crippen molar-refractivity contribution < 1.29 is 0 Å². The first kappa shape index (κ1) is 14.5. The number of benzene rings is 2. The Hall–Kier alpha value is -0.870. The van der Waals surface area contributed by atoms with E-state index >= 15 is 0 Å². The van der Waals surface area contributed by atoms with Crippen LogP contribution in [0.15, 0.2) is 48.5 Å². The molecule has 0 bridgehead atoms. The summed E-state index contributed by atoms with van der Waals surface area (Å²) in [5, 5.41) is 3.58. The minimum absolute atomic E-state index is 0.394. The molecule has 2 aromatic carbocycles. The normalized spacial score (nSPS) is 12.4. The van der Waals surface area contributed by atoms with Gasteiger partial charge in [0.15, 0.2) is 0 Å². The highest BCUT2D eigenvalue weighted by molar-refractivity contribution is 14.1. The molecular weight excluding hydrogens is 345 g/mol. The third kappa shape index (κ3) is 4.32. The van der Waals surface area contributed by atoms with E-state index < -0.39 is 0 Å². The Labute approximate surface area is 129 Å². The van der Waals surface area contributed by atoms with Crippen molar-refractivity contribution in [2.24, 2.45) is 0 Å². The van der Waals surface area contributed by atoms with E-state index in [4.69, 9.17) is 0 Å². The van der Waals surface area contributed by atoms with E-state index in [1.807, 2.05) is 0 Å². The molecule has 0 saturated heterocycles. The summed E-state index contributed by atoms with van der Waals surface area (Å²) < 4.78 is 1.29. The van der Waals surface area contributed by atoms with Crippen LogP contribution in [-0.4, -0.2) is 6.54 Å². The molecule has 0 heterocycles. The molecule has 0 saturated carbocycles. The molecule has 1 unspecified atom stereocenters. The van der Waals surface area contributed by atoms with Gasteiger partial charge in [-0.2, -0.15) is 0 Å². The molecule has 0 radical (unpaired) electrons. The quantitative estimate of drug-likeness (QED) is 0.770. The van der Waals surface area contributed by atoms with Gasteiger partial charge in [-0.1, -0.05) is 48.9 Å². The number of likely N-dealkylation sites (N-methyl/N-ethyl adjacent to an activating group) is 1. The van der Waals surface area contributed by atoms with Crippen molar-refractivity contribution >= 4 is 22.6 Å². The molecule has 1 nitrogen and oxygen atoms in total. The summed E-state index contributed by atoms with van der Waals surface area (Å²) in [7, 11) is 0. The molecule has 100 valence electrons. The van der Waals surface area contributed by atoms with E-state index in [0.717, 1.165) is 13.0 Å². The van der Waals surface area contributed by atoms with Gasteiger partial charge in [0.05, 0.1) is 0 Å². The third-order valence-electron chi connectivity index (χ3n) is 3.28. The standard InChI is InChI=1S/C17H20IN/c1-3-19-17(15-8-4-13(2)5-9-15)12-14-6-10-16(18)11-7-14/h4-11,17,19H,3,12H2,1-2H3. The lowest BCUT2D eigenvalue weighted by molar-refractivity contribution is 0.550. The summed E-state index contributed by atoms with van der Waals surface area (Å²) in [4.78, 5) is 0. The molecule has 2 heteroatoms. The van der Waals surface area contributed by atoms with E-state index in [2.05, 4.69) is 90.3 Å². The molecular formula is C17H20IN. The highest BCUT2D eigenvalue weighted by atomic mass is 127. The van der Waals surface area contributed by atoms with Crippen LogP contribution in [0.25, 0.3) is 0 Å². The second-order valence-electron chi connectivity index (χ2n) is 4.85. The van der Waals surface area contributed by atoms with Crippen LogP contribution < -0.4 is 5.32 Å². The molecule has 0 aliphatic heterocycles. The topological polar surface area (TPSA) is 12.0 Å². The summed E-state index contributed by atoms with van der Waals surface area (Å²) in [6.45, 7) is 5.28. The number of rotatable bonds is 5. The second kappa shape index (κ2) is 7.06. The van der Waals surface area contributed by atoms with E-state index in [1.54, 1.807) is 0 Å². The van der Waals surface area contributed by atoms with Crippen LogP contribution in [0.2, 0.25) is 0 Å². The Morgan fingerprint density at radius 2 is 1.63 bits per heavy atom. The highest BCUT2D eigenvalue weighted by Crippen LogP contribution is 2.19. The average Bonchev–Trinajstić information content (AvgIpc) is 2.42. The van der Waals surface area contributed by atoms with Crippen molar-refractivity contribution in [2.45, 2.75) is 26.3 Å².